The molecule has 19 heavy (non-hydrogen) atoms. The molecule has 2 heterocycles. The van der Waals surface area contributed by atoms with Crippen LogP contribution in [0.4, 0.5) is 0 Å². The van der Waals surface area contributed by atoms with Gasteiger partial charge in [-0.3, -0.25) is 9.78 Å². The van der Waals surface area contributed by atoms with E-state index in [0.717, 1.165) is 29.1 Å². The van der Waals surface area contributed by atoms with E-state index in [1.165, 1.54) is 24.1 Å². The summed E-state index contributed by atoms with van der Waals surface area (Å²) in [5, 5.41) is 11.7. The molecule has 5 heteroatoms. The van der Waals surface area contributed by atoms with E-state index in [9.17, 15) is 0 Å². The topological polar surface area (TPSA) is 46.5 Å². The van der Waals surface area contributed by atoms with E-state index in [-0.39, 0.29) is 0 Å². The highest BCUT2D eigenvalue weighted by Crippen LogP contribution is 2.32. The minimum Gasteiger partial charge on any atom is -0.282 e. The fourth-order valence-corrected chi connectivity index (χ4v) is 2.55. The highest BCUT2D eigenvalue weighted by atomic mass is 79.9. The maximum atomic E-state index is 4.36. The molecule has 1 N–H and O–H groups in total. The molecule has 4 nitrogen and oxygen atoms in total. The molecule has 1 aliphatic rings. The van der Waals surface area contributed by atoms with Gasteiger partial charge in [-0.1, -0.05) is 13.8 Å². The average molecular weight is 325 g/mol. The van der Waals surface area contributed by atoms with E-state index in [2.05, 4.69) is 37.3 Å². The third-order valence-corrected chi connectivity index (χ3v) is 3.78. The van der Waals surface area contributed by atoms with Gasteiger partial charge in [0, 0.05) is 30.9 Å². The summed E-state index contributed by atoms with van der Waals surface area (Å²) in [6.07, 6.45) is 6.76. The summed E-state index contributed by atoms with van der Waals surface area (Å²) >= 11 is 3.47. The van der Waals surface area contributed by atoms with Crippen LogP contribution in [-0.2, 0) is 19.9 Å². The number of nitrogens with one attached hydrogen (secondary N) is 1. The van der Waals surface area contributed by atoms with Crippen molar-refractivity contribution < 1.29 is 0 Å². The van der Waals surface area contributed by atoms with Crippen molar-refractivity contribution in [1.82, 2.24) is 20.0 Å². The van der Waals surface area contributed by atoms with Crippen molar-refractivity contribution in [1.29, 1.82) is 0 Å². The molecule has 0 radical (unpaired) electrons. The summed E-state index contributed by atoms with van der Waals surface area (Å²) in [7, 11) is 1.93. The largest absolute Gasteiger partial charge is 0.282 e. The molecule has 0 unspecified atom stereocenters. The van der Waals surface area contributed by atoms with Crippen molar-refractivity contribution in [3.8, 4) is 0 Å². The number of hydrogen-bond acceptors (Lipinski definition) is 2. The quantitative estimate of drug-likeness (QED) is 0.935. The lowest BCUT2D eigenvalue weighted by molar-refractivity contribution is 0.760. The van der Waals surface area contributed by atoms with Crippen LogP contribution in [0.3, 0.4) is 0 Å². The van der Waals surface area contributed by atoms with Crippen LogP contribution in [0, 0.1) is 5.92 Å². The summed E-state index contributed by atoms with van der Waals surface area (Å²) in [6, 6.07) is 2.18. The summed E-state index contributed by atoms with van der Waals surface area (Å²) in [5.74, 6) is 0.885. The Morgan fingerprint density at radius 1 is 1.42 bits per heavy atom. The molecule has 0 atom stereocenters. The normalized spacial score (nSPS) is 14.1. The fraction of sp³-hybridized carbons (Fsp3) is 0.571. The molecule has 3 rings (SSSR count). The van der Waals surface area contributed by atoms with Gasteiger partial charge < -0.3 is 0 Å². The summed E-state index contributed by atoms with van der Waals surface area (Å²) in [4.78, 5) is 0. The lowest BCUT2D eigenvalue weighted by Gasteiger charge is -1.93. The summed E-state index contributed by atoms with van der Waals surface area (Å²) in [5.41, 5.74) is 3.55. The van der Waals surface area contributed by atoms with E-state index in [1.54, 1.807) is 0 Å². The van der Waals surface area contributed by atoms with Crippen LogP contribution < -0.4 is 0 Å². The minimum absolute atomic E-state index is 0.853. The first-order chi connectivity index (χ1) is 9.20. The Morgan fingerprint density at radius 2 is 2.16 bits per heavy atom. The molecule has 2 aromatic heterocycles. The third-order valence-electron chi connectivity index (χ3n) is 3.11. The van der Waals surface area contributed by atoms with Gasteiger partial charge >= 0.3 is 0 Å². The van der Waals surface area contributed by atoms with Gasteiger partial charge in [-0.05, 0) is 47.2 Å². The van der Waals surface area contributed by atoms with E-state index >= 15 is 0 Å². The second-order valence-corrected chi connectivity index (χ2v) is 5.58. The van der Waals surface area contributed by atoms with Crippen molar-refractivity contribution in [3.05, 3.63) is 33.8 Å². The molecule has 0 bridgehead atoms. The van der Waals surface area contributed by atoms with Crippen molar-refractivity contribution in [2.75, 3.05) is 0 Å². The molecule has 0 amide bonds. The van der Waals surface area contributed by atoms with Crippen molar-refractivity contribution in [2.45, 2.75) is 39.5 Å². The van der Waals surface area contributed by atoms with Gasteiger partial charge in [0.1, 0.15) is 4.60 Å². The molecule has 104 valence electrons. The van der Waals surface area contributed by atoms with E-state index in [0.29, 0.717) is 0 Å². The van der Waals surface area contributed by atoms with Gasteiger partial charge in [0.25, 0.3) is 0 Å². The van der Waals surface area contributed by atoms with Crippen LogP contribution >= 0.6 is 15.9 Å². The van der Waals surface area contributed by atoms with Crippen molar-refractivity contribution in [3.63, 3.8) is 0 Å². The smallest absolute Gasteiger partial charge is 0.131 e. The molecule has 0 aromatic carbocycles. The molecular formula is C14H21BrN4. The zero-order valence-corrected chi connectivity index (χ0v) is 13.4. The van der Waals surface area contributed by atoms with Gasteiger partial charge in [-0.25, -0.2) is 0 Å². The van der Waals surface area contributed by atoms with Crippen molar-refractivity contribution >= 4 is 15.9 Å². The van der Waals surface area contributed by atoms with Gasteiger partial charge in [0.15, 0.2) is 0 Å². The van der Waals surface area contributed by atoms with Gasteiger partial charge in [0.2, 0.25) is 0 Å². The van der Waals surface area contributed by atoms with Crippen LogP contribution in [-0.4, -0.2) is 20.0 Å². The van der Waals surface area contributed by atoms with E-state index in [1.807, 2.05) is 31.8 Å². The van der Waals surface area contributed by atoms with Gasteiger partial charge in [-0.15, -0.1) is 0 Å². The number of nitrogens with zero attached hydrogens (tertiary/aromatic N) is 3. The molecule has 1 saturated carbocycles. The molecule has 2 aromatic rings. The third kappa shape index (κ3) is 3.93. The van der Waals surface area contributed by atoms with Crippen LogP contribution in [0.15, 0.2) is 16.9 Å². The minimum atomic E-state index is 0.853. The van der Waals surface area contributed by atoms with Crippen molar-refractivity contribution in [2.24, 2.45) is 13.0 Å². The Hall–Kier alpha value is -1.10. The van der Waals surface area contributed by atoms with Crippen LogP contribution in [0.5, 0.6) is 0 Å². The SMILES string of the molecule is CC.Cn1cc(Cc2cc(CC3CC3)n[nH]2)c(Br)n1. The second-order valence-electron chi connectivity index (χ2n) is 4.83. The number of halogens is 1. The average Bonchev–Trinajstić information content (AvgIpc) is 3.00. The monoisotopic (exact) mass is 324 g/mol. The number of rotatable bonds is 4. The Kier molecular flexibility index (Phi) is 4.80. The van der Waals surface area contributed by atoms with Crippen LogP contribution in [0.2, 0.25) is 0 Å². The molecule has 1 fully saturated rings. The van der Waals surface area contributed by atoms with Gasteiger partial charge in [-0.2, -0.15) is 10.2 Å². The van der Waals surface area contributed by atoms with Crippen LogP contribution in [0.1, 0.15) is 43.6 Å². The molecule has 0 aliphatic heterocycles. The Bertz CT molecular complexity index is 525. The predicted molar refractivity (Wildman–Crippen MR) is 80.1 cm³/mol. The maximum Gasteiger partial charge on any atom is 0.131 e. The zero-order chi connectivity index (χ0) is 13.8. The van der Waals surface area contributed by atoms with Gasteiger partial charge in [0.05, 0.1) is 5.69 Å². The van der Waals surface area contributed by atoms with Crippen LogP contribution in [0.25, 0.3) is 0 Å². The molecule has 0 spiro atoms. The first-order valence-corrected chi connectivity index (χ1v) is 7.71. The highest BCUT2D eigenvalue weighted by molar-refractivity contribution is 9.10. The fourth-order valence-electron chi connectivity index (χ4n) is 2.06. The first-order valence-electron chi connectivity index (χ1n) is 6.92. The predicted octanol–water partition coefficient (Wildman–Crippen LogP) is 3.48. The number of aromatic amines is 1. The Labute approximate surface area is 122 Å². The maximum absolute atomic E-state index is 4.36. The number of aryl methyl sites for hydroxylation is 1. The highest BCUT2D eigenvalue weighted by Gasteiger charge is 2.22. The number of aromatic nitrogens is 4. The second kappa shape index (κ2) is 6.37. The molecular weight excluding hydrogens is 304 g/mol. The number of hydrogen-bond donors (Lipinski definition) is 1. The number of H-pyrrole nitrogens is 1. The molecule has 0 saturated heterocycles. The standard InChI is InChI=1S/C12H15BrN4.C2H6/c1-17-7-9(12(13)16-17)5-11-6-10(14-15-11)4-8-2-3-8;1-2/h6-8H,2-5H2,1H3,(H,14,15);1-2H3. The first kappa shape index (κ1) is 14.3. The molecule has 1 aliphatic carbocycles. The lowest BCUT2D eigenvalue weighted by Crippen LogP contribution is -1.87. The lowest BCUT2D eigenvalue weighted by atomic mass is 10.1. The zero-order valence-electron chi connectivity index (χ0n) is 11.8. The van der Waals surface area contributed by atoms with E-state index in [4.69, 9.17) is 0 Å². The van der Waals surface area contributed by atoms with E-state index < -0.39 is 0 Å². The Morgan fingerprint density at radius 3 is 2.74 bits per heavy atom. The summed E-state index contributed by atoms with van der Waals surface area (Å²) in [6.45, 7) is 4.00. The summed E-state index contributed by atoms with van der Waals surface area (Å²) < 4.78 is 2.74. The Balaban J connectivity index is 0.000000637.